The number of rotatable bonds is 3. The van der Waals surface area contributed by atoms with E-state index in [1.165, 1.54) is 48.8 Å². The Morgan fingerprint density at radius 2 is 1.65 bits per heavy atom. The van der Waals surface area contributed by atoms with Gasteiger partial charge in [-0.15, -0.1) is 0 Å². The van der Waals surface area contributed by atoms with Gasteiger partial charge in [0, 0.05) is 5.56 Å². The SMILES string of the molecule is Cc1cc(C)c(C(=O)PC2CCCCC2)c(C)c1C.[H-].[Li+]. The van der Waals surface area contributed by atoms with Crippen LogP contribution in [0.1, 0.15) is 66.1 Å². The molecule has 1 aliphatic carbocycles. The van der Waals surface area contributed by atoms with Gasteiger partial charge in [0.05, 0.1) is 0 Å². The van der Waals surface area contributed by atoms with Crippen molar-refractivity contribution in [3.63, 3.8) is 0 Å². The first-order valence-electron chi connectivity index (χ1n) is 7.39. The molecule has 2 rings (SSSR count). The Bertz CT molecular complexity index is 496. The molecule has 0 aromatic heterocycles. The summed E-state index contributed by atoms with van der Waals surface area (Å²) < 4.78 is 0. The number of benzene rings is 1. The van der Waals surface area contributed by atoms with Crippen LogP contribution in [0, 0.1) is 27.7 Å². The van der Waals surface area contributed by atoms with Crippen LogP contribution in [0.5, 0.6) is 0 Å². The second-order valence-electron chi connectivity index (χ2n) is 5.94. The molecule has 0 N–H and O–H groups in total. The number of carbonyl (C=O) groups is 1. The van der Waals surface area contributed by atoms with E-state index < -0.39 is 0 Å². The second kappa shape index (κ2) is 7.79. The molecule has 20 heavy (non-hydrogen) atoms. The molecule has 1 saturated carbocycles. The zero-order valence-corrected chi connectivity index (χ0v) is 14.6. The van der Waals surface area contributed by atoms with E-state index in [4.69, 9.17) is 0 Å². The Hall–Kier alpha value is -0.0826. The summed E-state index contributed by atoms with van der Waals surface area (Å²) in [7, 11) is 0.480. The van der Waals surface area contributed by atoms with Crippen molar-refractivity contribution in [2.45, 2.75) is 65.5 Å². The summed E-state index contributed by atoms with van der Waals surface area (Å²) in [4.78, 5) is 12.6. The van der Waals surface area contributed by atoms with Gasteiger partial charge < -0.3 is 1.43 Å². The van der Waals surface area contributed by atoms with Crippen molar-refractivity contribution in [3.8, 4) is 0 Å². The third-order valence-electron chi connectivity index (χ3n) is 4.52. The van der Waals surface area contributed by atoms with Crippen molar-refractivity contribution >= 4 is 14.1 Å². The van der Waals surface area contributed by atoms with E-state index in [1.54, 1.807) is 0 Å². The largest absolute Gasteiger partial charge is 1.00 e. The third kappa shape index (κ3) is 3.97. The van der Waals surface area contributed by atoms with Gasteiger partial charge in [-0.3, -0.25) is 4.79 Å². The van der Waals surface area contributed by atoms with Crippen molar-refractivity contribution in [3.05, 3.63) is 33.9 Å². The van der Waals surface area contributed by atoms with Crippen LogP contribution >= 0.6 is 8.58 Å². The van der Waals surface area contributed by atoms with Crippen molar-refractivity contribution < 1.29 is 25.1 Å². The molecular formula is C17H26LiOP. The molecule has 3 heteroatoms. The molecule has 1 aromatic rings. The minimum absolute atomic E-state index is 0. The quantitative estimate of drug-likeness (QED) is 0.614. The van der Waals surface area contributed by atoms with Crippen molar-refractivity contribution in [2.24, 2.45) is 0 Å². The predicted molar refractivity (Wildman–Crippen MR) is 86.0 cm³/mol. The molecule has 106 valence electrons. The van der Waals surface area contributed by atoms with Gasteiger partial charge in [0.2, 0.25) is 0 Å². The summed E-state index contributed by atoms with van der Waals surface area (Å²) >= 11 is 0. The Morgan fingerprint density at radius 1 is 1.05 bits per heavy atom. The Labute approximate surface area is 138 Å². The molecule has 1 aromatic carbocycles. The van der Waals surface area contributed by atoms with Gasteiger partial charge in [-0.05, 0) is 77.0 Å². The summed E-state index contributed by atoms with van der Waals surface area (Å²) in [5.41, 5.74) is 6.99. The molecule has 1 nitrogen and oxygen atoms in total. The van der Waals surface area contributed by atoms with Crippen LogP contribution < -0.4 is 18.9 Å². The van der Waals surface area contributed by atoms with Crippen molar-refractivity contribution in [1.29, 1.82) is 0 Å². The minimum Gasteiger partial charge on any atom is -1.00 e. The zero-order valence-electron chi connectivity index (χ0n) is 14.6. The van der Waals surface area contributed by atoms with Gasteiger partial charge in [-0.2, -0.15) is 0 Å². The Morgan fingerprint density at radius 3 is 2.25 bits per heavy atom. The van der Waals surface area contributed by atoms with Gasteiger partial charge in [-0.1, -0.05) is 25.3 Å². The van der Waals surface area contributed by atoms with E-state index in [9.17, 15) is 4.79 Å². The monoisotopic (exact) mass is 284 g/mol. The van der Waals surface area contributed by atoms with E-state index in [1.807, 2.05) is 0 Å². The predicted octanol–water partition coefficient (Wildman–Crippen LogP) is 2.19. The average Bonchev–Trinajstić information content (AvgIpc) is 2.37. The maximum Gasteiger partial charge on any atom is 1.00 e. The summed E-state index contributed by atoms with van der Waals surface area (Å²) in [5, 5.41) is 0. The molecule has 0 spiro atoms. The fourth-order valence-electron chi connectivity index (χ4n) is 3.14. The molecule has 0 amide bonds. The minimum atomic E-state index is 0. The summed E-state index contributed by atoms with van der Waals surface area (Å²) in [5.74, 6) is 0. The first-order chi connectivity index (χ1) is 9.00. The van der Waals surface area contributed by atoms with Gasteiger partial charge in [0.1, 0.15) is 0 Å². The standard InChI is InChI=1S/C17H25OP.Li.H/c1-11-10-12(2)16(14(4)13(11)3)17(18)19-15-8-6-5-7-9-15;;/h10,15,19H,5-9H2,1-4H3;;/q;+1;-1. The molecule has 0 radical (unpaired) electrons. The van der Waals surface area contributed by atoms with Crippen LogP contribution in [0.3, 0.4) is 0 Å². The fraction of sp³-hybridized carbons (Fsp3) is 0.588. The van der Waals surface area contributed by atoms with Crippen LogP contribution in [0.15, 0.2) is 6.07 Å². The van der Waals surface area contributed by atoms with Crippen LogP contribution in [-0.2, 0) is 0 Å². The summed E-state index contributed by atoms with van der Waals surface area (Å²) in [6.07, 6.45) is 6.50. The van der Waals surface area contributed by atoms with Crippen LogP contribution in [0.2, 0.25) is 0 Å². The van der Waals surface area contributed by atoms with E-state index in [0.29, 0.717) is 19.8 Å². The van der Waals surface area contributed by atoms with Gasteiger partial charge in [0.25, 0.3) is 0 Å². The zero-order chi connectivity index (χ0) is 14.0. The van der Waals surface area contributed by atoms with Crippen LogP contribution in [-0.4, -0.2) is 11.2 Å². The van der Waals surface area contributed by atoms with Gasteiger partial charge in [0.15, 0.2) is 5.52 Å². The molecule has 1 fully saturated rings. The Balaban J connectivity index is 0.00000200. The first-order valence-corrected chi connectivity index (χ1v) is 8.46. The Kier molecular flexibility index (Phi) is 7.00. The maximum absolute atomic E-state index is 12.6. The number of hydrogen-bond donors (Lipinski definition) is 0. The molecule has 1 unspecified atom stereocenters. The molecular weight excluding hydrogens is 258 g/mol. The second-order valence-corrected chi connectivity index (χ2v) is 7.50. The van der Waals surface area contributed by atoms with Gasteiger partial charge >= 0.3 is 18.9 Å². The smallest absolute Gasteiger partial charge is 1.00 e. The number of hydrogen-bond acceptors (Lipinski definition) is 1. The summed E-state index contributed by atoms with van der Waals surface area (Å²) in [6.45, 7) is 8.45. The van der Waals surface area contributed by atoms with E-state index in [0.717, 1.165) is 11.1 Å². The van der Waals surface area contributed by atoms with Crippen molar-refractivity contribution in [1.82, 2.24) is 0 Å². The van der Waals surface area contributed by atoms with Gasteiger partial charge in [-0.25, -0.2) is 0 Å². The van der Waals surface area contributed by atoms with Crippen molar-refractivity contribution in [2.75, 3.05) is 0 Å². The topological polar surface area (TPSA) is 17.1 Å². The molecule has 0 heterocycles. The van der Waals surface area contributed by atoms with E-state index in [-0.39, 0.29) is 20.3 Å². The first kappa shape index (κ1) is 18.0. The molecule has 0 saturated heterocycles. The fourth-order valence-corrected chi connectivity index (χ4v) is 4.73. The van der Waals surface area contributed by atoms with E-state index in [2.05, 4.69) is 33.8 Å². The normalized spacial score (nSPS) is 16.4. The number of aryl methyl sites for hydroxylation is 2. The molecule has 1 aliphatic rings. The number of carbonyl (C=O) groups excluding carboxylic acids is 1. The maximum atomic E-state index is 12.6. The average molecular weight is 284 g/mol. The summed E-state index contributed by atoms with van der Waals surface area (Å²) in [6, 6.07) is 2.17. The molecule has 0 bridgehead atoms. The van der Waals surface area contributed by atoms with E-state index >= 15 is 0 Å². The third-order valence-corrected chi connectivity index (χ3v) is 6.02. The van der Waals surface area contributed by atoms with Crippen LogP contribution in [0.4, 0.5) is 0 Å². The molecule has 0 aliphatic heterocycles. The molecule has 1 atom stereocenters. The van der Waals surface area contributed by atoms with Crippen LogP contribution in [0.25, 0.3) is 0 Å².